The maximum Gasteiger partial charge on any atom is 0.335 e. The van der Waals surface area contributed by atoms with Crippen LogP contribution in [0.15, 0.2) is 23.3 Å². The number of esters is 2. The fourth-order valence-electron chi connectivity index (χ4n) is 16.2. The third-order valence-electron chi connectivity index (χ3n) is 21.0. The standard InChI is InChI=1S/C55H86O24/c1-10-23(2)46(71)79-43-44(72-24(3)60)55(22-59)26(17-50(43,4)5)25-11-12-30-51(6)15-14-32(52(7,21-58)29(51)13-16-53(30,8)54(25,9)18-31(55)61)75-49-42(78-48-38(67)36(65)34(63)28(20-57)74-48)40(39(68)41(77-49)45(69)70)76-47-37(66)35(64)33(62)27(19-56)73-47/h10-11,26-44,47-49,56-59,61-68H,12-22H2,1-9H3,(H,69,70)/b23-10-/t26?,27-,28-,29?,30?,31-,32+,33-,34-,35+,36+,37-,38-,39+,40+,41+,42-,43+,44+,47+,48+,49-,51+,52-,53-,54-,55+/m1/s1. The summed E-state index contributed by atoms with van der Waals surface area (Å²) in [7, 11) is 0. The minimum absolute atomic E-state index is 0.0948. The Balaban J connectivity index is 1.14. The molecule has 3 unspecified atom stereocenters. The van der Waals surface area contributed by atoms with Crippen LogP contribution < -0.4 is 0 Å². The van der Waals surface area contributed by atoms with E-state index in [-0.39, 0.29) is 24.7 Å². The first-order valence-electron chi connectivity index (χ1n) is 27.7. The van der Waals surface area contributed by atoms with Gasteiger partial charge in [-0.3, -0.25) is 4.79 Å². The summed E-state index contributed by atoms with van der Waals surface area (Å²) >= 11 is 0. The predicted octanol–water partition coefficient (Wildman–Crippen LogP) is -1.32. The van der Waals surface area contributed by atoms with Gasteiger partial charge in [-0.1, -0.05) is 59.3 Å². The van der Waals surface area contributed by atoms with Crippen LogP contribution in [0.3, 0.4) is 0 Å². The van der Waals surface area contributed by atoms with Crippen molar-refractivity contribution in [2.45, 2.75) is 224 Å². The van der Waals surface area contributed by atoms with Crippen molar-refractivity contribution in [1.29, 1.82) is 0 Å². The van der Waals surface area contributed by atoms with Crippen LogP contribution in [-0.4, -0.2) is 227 Å². The molecule has 0 radical (unpaired) electrons. The number of ether oxygens (including phenoxy) is 8. The van der Waals surface area contributed by atoms with E-state index >= 15 is 0 Å². The Labute approximate surface area is 459 Å². The molecule has 0 aromatic rings. The first-order valence-corrected chi connectivity index (χ1v) is 27.7. The molecule has 0 spiro atoms. The lowest BCUT2D eigenvalue weighted by Gasteiger charge is -2.72. The molecule has 3 aliphatic heterocycles. The molecule has 450 valence electrons. The van der Waals surface area contributed by atoms with Crippen LogP contribution >= 0.6 is 0 Å². The number of hydrogen-bond donors (Lipinski definition) is 13. The molecule has 5 aliphatic carbocycles. The minimum Gasteiger partial charge on any atom is -0.479 e. The van der Waals surface area contributed by atoms with E-state index in [1.165, 1.54) is 6.92 Å². The highest BCUT2D eigenvalue weighted by Crippen LogP contribution is 2.76. The number of fused-ring (bicyclic) bond motifs is 7. The molecule has 13 N–H and O–H groups in total. The number of aliphatic hydroxyl groups is 12. The fourth-order valence-corrected chi connectivity index (χ4v) is 16.2. The summed E-state index contributed by atoms with van der Waals surface area (Å²) in [5.74, 6) is -3.91. The monoisotopic (exact) mass is 1130 g/mol. The number of allylic oxidation sites excluding steroid dienone is 3. The number of carbonyl (C=O) groups is 3. The van der Waals surface area contributed by atoms with E-state index < -0.39 is 199 Å². The van der Waals surface area contributed by atoms with Crippen molar-refractivity contribution in [1.82, 2.24) is 0 Å². The highest BCUT2D eigenvalue weighted by atomic mass is 16.8. The number of aliphatic hydroxyl groups excluding tert-OH is 12. The first kappa shape index (κ1) is 62.2. The first-order chi connectivity index (χ1) is 36.9. The molecule has 24 nitrogen and oxygen atoms in total. The van der Waals surface area contributed by atoms with Crippen LogP contribution in [0.5, 0.6) is 0 Å². The third-order valence-corrected chi connectivity index (χ3v) is 21.0. The second kappa shape index (κ2) is 22.6. The summed E-state index contributed by atoms with van der Waals surface area (Å²) in [6.45, 7) is 14.1. The molecule has 3 saturated heterocycles. The maximum absolute atomic E-state index is 13.4. The van der Waals surface area contributed by atoms with E-state index in [1.54, 1.807) is 19.9 Å². The summed E-state index contributed by atoms with van der Waals surface area (Å²) < 4.78 is 48.6. The quantitative estimate of drug-likeness (QED) is 0.0415. The topological polar surface area (TPSA) is 388 Å². The van der Waals surface area contributed by atoms with Crippen molar-refractivity contribution in [2.24, 2.45) is 50.2 Å². The van der Waals surface area contributed by atoms with E-state index in [2.05, 4.69) is 26.8 Å². The van der Waals surface area contributed by atoms with Crippen molar-refractivity contribution in [3.05, 3.63) is 23.3 Å². The van der Waals surface area contributed by atoms with Gasteiger partial charge in [0.05, 0.1) is 44.1 Å². The van der Waals surface area contributed by atoms with Gasteiger partial charge in [-0.25, -0.2) is 9.59 Å². The smallest absolute Gasteiger partial charge is 0.335 e. The van der Waals surface area contributed by atoms with Gasteiger partial charge in [-0.15, -0.1) is 0 Å². The van der Waals surface area contributed by atoms with Gasteiger partial charge < -0.3 is 104 Å². The van der Waals surface area contributed by atoms with E-state index in [0.717, 1.165) is 5.57 Å². The van der Waals surface area contributed by atoms with Gasteiger partial charge in [0.1, 0.15) is 79.4 Å². The van der Waals surface area contributed by atoms with Crippen LogP contribution in [-0.2, 0) is 52.3 Å². The molecule has 24 heteroatoms. The Morgan fingerprint density at radius 2 is 1.24 bits per heavy atom. The maximum atomic E-state index is 13.4. The summed E-state index contributed by atoms with van der Waals surface area (Å²) in [5.41, 5.74) is -3.84. The van der Waals surface area contributed by atoms with Gasteiger partial charge in [0.2, 0.25) is 0 Å². The average molecular weight is 1130 g/mol. The lowest BCUT2D eigenvalue weighted by Crippen LogP contribution is -2.72. The van der Waals surface area contributed by atoms with E-state index in [1.807, 2.05) is 20.8 Å². The van der Waals surface area contributed by atoms with Crippen LogP contribution in [0.2, 0.25) is 0 Å². The van der Waals surface area contributed by atoms with E-state index in [0.29, 0.717) is 37.7 Å². The van der Waals surface area contributed by atoms with Gasteiger partial charge in [-0.05, 0) is 92.8 Å². The van der Waals surface area contributed by atoms with Crippen LogP contribution in [0.4, 0.5) is 0 Å². The van der Waals surface area contributed by atoms with Gasteiger partial charge in [0.25, 0.3) is 0 Å². The van der Waals surface area contributed by atoms with Crippen molar-refractivity contribution >= 4 is 17.9 Å². The SMILES string of the molecule is C/C=C(/C)C(=O)O[C@H]1[C@H](OC(C)=O)[C@@]2(CO)C(CC1(C)C)C1=CCC3[C@@]4(C)CC[C@H](O[C@@H]5O[C@H](C(=O)O)[C@@H](O)[C@H](O[C@@H]6O[C@H](CO)[C@@H](O)[C@H](O)[C@H]6O)[C@H]5O[C@@H]5O[C@H](CO)[C@@H](O)[C@H](O)[C@H]5O)[C@](C)(CO)C4CC[C@@]3(C)[C@]1(C)C[C@H]2O. The molecule has 8 aliphatic rings. The highest BCUT2D eigenvalue weighted by Gasteiger charge is 2.74. The minimum atomic E-state index is -2.22. The normalized spacial score (nSPS) is 50.6. The number of hydrogen-bond acceptors (Lipinski definition) is 23. The molecule has 0 bridgehead atoms. The Bertz CT molecular complexity index is 2290. The van der Waals surface area contributed by atoms with E-state index in [9.17, 15) is 80.8 Å². The van der Waals surface area contributed by atoms with Crippen molar-refractivity contribution in [3.8, 4) is 0 Å². The molecule has 79 heavy (non-hydrogen) atoms. The number of carbonyl (C=O) groups excluding carboxylic acids is 2. The number of rotatable bonds is 14. The summed E-state index contributed by atoms with van der Waals surface area (Å²) in [6.07, 6.45) is -26.8. The molecule has 4 saturated carbocycles. The van der Waals surface area contributed by atoms with Crippen LogP contribution in [0.1, 0.15) is 107 Å². The second-order valence-electron chi connectivity index (χ2n) is 25.5. The Morgan fingerprint density at radius 1 is 0.658 bits per heavy atom. The molecular formula is C55H86O24. The number of aliphatic carboxylic acids is 1. The zero-order valence-electron chi connectivity index (χ0n) is 46.4. The lowest BCUT2D eigenvalue weighted by molar-refractivity contribution is -0.397. The summed E-state index contributed by atoms with van der Waals surface area (Å²) in [4.78, 5) is 39.3. The molecule has 7 fully saturated rings. The number of carboxylic acid groups (broad SMARTS) is 1. The van der Waals surface area contributed by atoms with Crippen molar-refractivity contribution < 1.29 is 119 Å². The molecule has 27 atom stereocenters. The van der Waals surface area contributed by atoms with Gasteiger partial charge in [0.15, 0.2) is 25.0 Å². The zero-order valence-corrected chi connectivity index (χ0v) is 46.4. The Hall–Kier alpha value is -2.83. The van der Waals surface area contributed by atoms with Crippen molar-refractivity contribution in [3.63, 3.8) is 0 Å². The molecule has 0 aromatic carbocycles. The Morgan fingerprint density at radius 3 is 1.76 bits per heavy atom. The molecule has 3 heterocycles. The molecular weight excluding hydrogens is 1040 g/mol. The van der Waals surface area contributed by atoms with Crippen LogP contribution in [0, 0.1) is 50.2 Å². The summed E-state index contributed by atoms with van der Waals surface area (Å²) in [5, 5.41) is 143. The third kappa shape index (κ3) is 9.94. The van der Waals surface area contributed by atoms with Crippen molar-refractivity contribution in [2.75, 3.05) is 26.4 Å². The van der Waals surface area contributed by atoms with Gasteiger partial charge >= 0.3 is 17.9 Å². The predicted molar refractivity (Wildman–Crippen MR) is 269 cm³/mol. The van der Waals surface area contributed by atoms with Gasteiger partial charge in [-0.2, -0.15) is 0 Å². The molecule has 8 rings (SSSR count). The largest absolute Gasteiger partial charge is 0.479 e. The molecule has 0 amide bonds. The average Bonchev–Trinajstić information content (AvgIpc) is 2.57. The van der Waals surface area contributed by atoms with Gasteiger partial charge in [0, 0.05) is 23.3 Å². The lowest BCUT2D eigenvalue weighted by atomic mass is 9.33. The highest BCUT2D eigenvalue weighted by molar-refractivity contribution is 5.87. The molecule has 0 aromatic heterocycles. The number of carboxylic acids is 1. The second-order valence-corrected chi connectivity index (χ2v) is 25.5. The Kier molecular flexibility index (Phi) is 17.8. The van der Waals surface area contributed by atoms with Crippen LogP contribution in [0.25, 0.3) is 0 Å². The summed E-state index contributed by atoms with van der Waals surface area (Å²) in [6, 6.07) is 0. The zero-order chi connectivity index (χ0) is 58.4. The fraction of sp³-hybridized carbons (Fsp3) is 0.873. The van der Waals surface area contributed by atoms with E-state index in [4.69, 9.17) is 37.9 Å².